The molecular weight excluding hydrogens is 490 g/mol. The molecular formula is C31H27N5O3. The number of benzene rings is 2. The Bertz CT molecular complexity index is 1650. The van der Waals surface area contributed by atoms with Crippen LogP contribution in [0.15, 0.2) is 72.6 Å². The Kier molecular flexibility index (Phi) is 7.06. The predicted octanol–water partition coefficient (Wildman–Crippen LogP) is 5.03. The summed E-state index contributed by atoms with van der Waals surface area (Å²) in [5.41, 5.74) is 6.21. The Morgan fingerprint density at radius 2 is 1.69 bits per heavy atom. The number of H-pyrrole nitrogens is 1. The molecule has 0 spiro atoms. The van der Waals surface area contributed by atoms with Crippen molar-refractivity contribution >= 4 is 34.2 Å². The summed E-state index contributed by atoms with van der Waals surface area (Å²) in [5, 5.41) is 3.26. The second-order valence-electron chi connectivity index (χ2n) is 9.45. The molecule has 1 aliphatic heterocycles. The predicted molar refractivity (Wildman–Crippen MR) is 150 cm³/mol. The summed E-state index contributed by atoms with van der Waals surface area (Å²) in [4.78, 5) is 51.7. The summed E-state index contributed by atoms with van der Waals surface area (Å²) in [5.74, 6) is -1.30. The normalized spacial score (nSPS) is 13.2. The van der Waals surface area contributed by atoms with Crippen LogP contribution in [-0.2, 0) is 4.79 Å². The fourth-order valence-corrected chi connectivity index (χ4v) is 5.05. The van der Waals surface area contributed by atoms with E-state index in [1.54, 1.807) is 48.6 Å². The molecule has 2 aromatic heterocycles. The highest BCUT2D eigenvalue weighted by Crippen LogP contribution is 2.32. The zero-order valence-corrected chi connectivity index (χ0v) is 21.7. The second-order valence-corrected chi connectivity index (χ2v) is 9.45. The van der Waals surface area contributed by atoms with Gasteiger partial charge in [-0.3, -0.25) is 19.4 Å². The summed E-state index contributed by atoms with van der Waals surface area (Å²) in [6.07, 6.45) is 4.37. The van der Waals surface area contributed by atoms with E-state index in [9.17, 15) is 14.4 Å². The summed E-state index contributed by atoms with van der Waals surface area (Å²) in [6.45, 7) is 10.3. The molecule has 2 N–H and O–H groups in total. The number of pyridine rings is 1. The first-order valence-electron chi connectivity index (χ1n) is 12.7. The van der Waals surface area contributed by atoms with E-state index in [1.807, 2.05) is 37.3 Å². The molecule has 1 fully saturated rings. The first-order chi connectivity index (χ1) is 18.9. The number of rotatable bonds is 5. The molecule has 39 heavy (non-hydrogen) atoms. The van der Waals surface area contributed by atoms with E-state index in [2.05, 4.69) is 20.1 Å². The molecule has 2 amide bonds. The second kappa shape index (κ2) is 10.8. The molecule has 0 radical (unpaired) electrons. The number of hydrogen-bond acceptors (Lipinski definition) is 4. The molecule has 1 aliphatic rings. The van der Waals surface area contributed by atoms with Gasteiger partial charge in [0.2, 0.25) is 0 Å². The number of carbonyl (C=O) groups is 3. The quantitative estimate of drug-likeness (QED) is 0.220. The lowest BCUT2D eigenvalue weighted by Crippen LogP contribution is -2.40. The number of carbonyl (C=O) groups excluding carboxylic acids is 3. The summed E-state index contributed by atoms with van der Waals surface area (Å²) in [6, 6.07) is 16.6. The van der Waals surface area contributed by atoms with E-state index < -0.39 is 11.7 Å². The van der Waals surface area contributed by atoms with Crippen LogP contribution in [0.5, 0.6) is 0 Å². The third-order valence-electron chi connectivity index (χ3n) is 7.13. The molecule has 2 aromatic carbocycles. The lowest BCUT2D eigenvalue weighted by atomic mass is 9.97. The summed E-state index contributed by atoms with van der Waals surface area (Å²) >= 11 is 0. The smallest absolute Gasteiger partial charge is 0.295 e. The maximum Gasteiger partial charge on any atom is 0.295 e. The minimum Gasteiger partial charge on any atom is -0.359 e. The van der Waals surface area contributed by atoms with Gasteiger partial charge in [0, 0.05) is 49.0 Å². The van der Waals surface area contributed by atoms with E-state index >= 15 is 0 Å². The Morgan fingerprint density at radius 3 is 2.33 bits per heavy atom. The monoisotopic (exact) mass is 517 g/mol. The number of hydrogen-bond donors (Lipinski definition) is 2. The molecule has 0 unspecified atom stereocenters. The molecule has 8 nitrogen and oxygen atoms in total. The van der Waals surface area contributed by atoms with Gasteiger partial charge in [0.1, 0.15) is 0 Å². The topological polar surface area (TPSA) is 99.5 Å². The number of aromatic nitrogens is 2. The van der Waals surface area contributed by atoms with Crippen LogP contribution < -0.4 is 5.32 Å². The van der Waals surface area contributed by atoms with Crippen LogP contribution in [0.2, 0.25) is 0 Å². The van der Waals surface area contributed by atoms with Crippen molar-refractivity contribution in [1.82, 2.24) is 20.2 Å². The van der Waals surface area contributed by atoms with Crippen molar-refractivity contribution in [3.63, 3.8) is 0 Å². The maximum absolute atomic E-state index is 13.4. The van der Waals surface area contributed by atoms with Crippen molar-refractivity contribution in [2.24, 2.45) is 0 Å². The fraction of sp³-hybridized carbons (Fsp3) is 0.194. The number of amides is 2. The number of nitrogens with zero attached hydrogens (tertiary/aromatic N) is 3. The van der Waals surface area contributed by atoms with Gasteiger partial charge in [-0.05, 0) is 43.0 Å². The van der Waals surface area contributed by atoms with E-state index in [0.717, 1.165) is 22.3 Å². The van der Waals surface area contributed by atoms with Gasteiger partial charge < -0.3 is 15.2 Å². The van der Waals surface area contributed by atoms with E-state index in [1.165, 1.54) is 0 Å². The molecule has 0 saturated carbocycles. The highest BCUT2D eigenvalue weighted by molar-refractivity contribution is 6.45. The first-order valence-corrected chi connectivity index (χ1v) is 12.7. The average Bonchev–Trinajstić information content (AvgIpc) is 3.44. The number of piperidine rings is 1. The molecule has 3 heterocycles. The molecule has 0 aliphatic carbocycles. The van der Waals surface area contributed by atoms with Crippen LogP contribution in [0, 0.1) is 13.5 Å². The van der Waals surface area contributed by atoms with Crippen molar-refractivity contribution in [2.75, 3.05) is 20.1 Å². The number of Topliss-reactive ketones (excluding diaryl/α,β-unsaturated/α-hetero) is 1. The maximum atomic E-state index is 13.4. The van der Waals surface area contributed by atoms with Crippen molar-refractivity contribution < 1.29 is 14.4 Å². The summed E-state index contributed by atoms with van der Waals surface area (Å²) < 4.78 is 0. The number of aryl methyl sites for hydroxylation is 1. The molecule has 4 aromatic rings. The Labute approximate surface area is 226 Å². The SMILES string of the molecule is [C-]#[N+]C(=C1CCN(C(=O)C(=O)c2c[nH]c3c(-c4ccc(C(=O)NC)cc4)ncc(C)c23)CC1)c1ccccc1. The highest BCUT2D eigenvalue weighted by Gasteiger charge is 2.29. The molecule has 8 heteroatoms. The minimum atomic E-state index is -0.572. The number of ketones is 1. The van der Waals surface area contributed by atoms with Crippen molar-refractivity contribution in [3.8, 4) is 11.3 Å². The van der Waals surface area contributed by atoms with Gasteiger partial charge in [-0.2, -0.15) is 0 Å². The third-order valence-corrected chi connectivity index (χ3v) is 7.13. The van der Waals surface area contributed by atoms with Crippen LogP contribution in [0.1, 0.15) is 44.7 Å². The number of nitrogens with one attached hydrogen (secondary N) is 2. The highest BCUT2D eigenvalue weighted by atomic mass is 16.2. The zero-order valence-electron chi connectivity index (χ0n) is 21.7. The van der Waals surface area contributed by atoms with Gasteiger partial charge in [-0.1, -0.05) is 48.0 Å². The van der Waals surface area contributed by atoms with Gasteiger partial charge in [-0.25, -0.2) is 4.85 Å². The number of fused-ring (bicyclic) bond motifs is 1. The van der Waals surface area contributed by atoms with Gasteiger partial charge in [-0.15, -0.1) is 0 Å². The average molecular weight is 518 g/mol. The van der Waals surface area contributed by atoms with Crippen LogP contribution in [0.25, 0.3) is 32.7 Å². The molecule has 194 valence electrons. The van der Waals surface area contributed by atoms with Crippen molar-refractivity contribution in [1.29, 1.82) is 0 Å². The van der Waals surface area contributed by atoms with Gasteiger partial charge in [0.05, 0.1) is 23.3 Å². The van der Waals surface area contributed by atoms with Crippen LogP contribution in [0.3, 0.4) is 0 Å². The van der Waals surface area contributed by atoms with Crippen molar-refractivity contribution in [2.45, 2.75) is 19.8 Å². The lowest BCUT2D eigenvalue weighted by Gasteiger charge is -2.28. The van der Waals surface area contributed by atoms with Gasteiger partial charge >= 0.3 is 0 Å². The van der Waals surface area contributed by atoms with Gasteiger partial charge in [0.15, 0.2) is 5.70 Å². The number of aromatic amines is 1. The first kappa shape index (κ1) is 25.6. The molecule has 5 rings (SSSR count). The minimum absolute atomic E-state index is 0.180. The standard InChI is InChI=1S/C31H27N5O3/c1-19-17-34-27(21-9-11-23(12-10-21)30(38)33-3)28-25(19)24(18-35-28)29(37)31(39)36-15-13-22(14-16-36)26(32-2)20-7-5-4-6-8-20/h4-12,17-18,35H,13-16H2,1,3H3,(H,33,38). The lowest BCUT2D eigenvalue weighted by molar-refractivity contribution is -0.126. The fourth-order valence-electron chi connectivity index (χ4n) is 5.05. The largest absolute Gasteiger partial charge is 0.359 e. The Morgan fingerprint density at radius 1 is 1.00 bits per heavy atom. The van der Waals surface area contributed by atoms with Crippen molar-refractivity contribution in [3.05, 3.63) is 106 Å². The van der Waals surface area contributed by atoms with E-state index in [-0.39, 0.29) is 5.91 Å². The van der Waals surface area contributed by atoms with Gasteiger partial charge in [0.25, 0.3) is 17.6 Å². The molecule has 0 bridgehead atoms. The Hall–Kier alpha value is -5.03. The third kappa shape index (κ3) is 4.82. The van der Waals surface area contributed by atoms with E-state index in [4.69, 9.17) is 6.57 Å². The molecule has 0 atom stereocenters. The zero-order chi connectivity index (χ0) is 27.5. The number of likely N-dealkylation sites (tertiary alicyclic amines) is 1. The van der Waals surface area contributed by atoms with Crippen LogP contribution in [-0.4, -0.2) is 52.6 Å². The molecule has 1 saturated heterocycles. The summed E-state index contributed by atoms with van der Waals surface area (Å²) in [7, 11) is 1.58. The Balaban J connectivity index is 1.39. The van der Waals surface area contributed by atoms with E-state index in [0.29, 0.717) is 59.4 Å². The van der Waals surface area contributed by atoms with Crippen LogP contribution >= 0.6 is 0 Å². The van der Waals surface area contributed by atoms with Crippen LogP contribution in [0.4, 0.5) is 0 Å².